The van der Waals surface area contributed by atoms with Gasteiger partial charge in [-0.25, -0.2) is 23.5 Å². The number of amides is 1. The molecule has 0 unspecified atom stereocenters. The first-order valence-corrected chi connectivity index (χ1v) is 12.5. The summed E-state index contributed by atoms with van der Waals surface area (Å²) in [5.41, 5.74) is 0.163. The zero-order chi connectivity index (χ0) is 27.1. The Morgan fingerprint density at radius 2 is 1.82 bits per heavy atom. The molecule has 198 valence electrons. The van der Waals surface area contributed by atoms with E-state index in [1.165, 1.54) is 6.07 Å². The number of benzene rings is 2. The Labute approximate surface area is 219 Å². The van der Waals surface area contributed by atoms with Crippen LogP contribution in [0, 0.1) is 28.4 Å². The van der Waals surface area contributed by atoms with Gasteiger partial charge in [-0.05, 0) is 76.1 Å². The topological polar surface area (TPSA) is 97.6 Å². The van der Waals surface area contributed by atoms with Crippen LogP contribution in [0.25, 0.3) is 11.0 Å². The van der Waals surface area contributed by atoms with Crippen LogP contribution in [0.1, 0.15) is 52.0 Å². The number of fused-ring (bicyclic) bond motifs is 1. The van der Waals surface area contributed by atoms with Crippen LogP contribution in [-0.2, 0) is 4.74 Å². The lowest BCUT2D eigenvalue weighted by Crippen LogP contribution is -2.52. The lowest BCUT2D eigenvalue weighted by atomic mass is 9.61. The predicted octanol–water partition coefficient (Wildman–Crippen LogP) is 6.13. The zero-order valence-corrected chi connectivity index (χ0v) is 21.5. The van der Waals surface area contributed by atoms with Gasteiger partial charge in [0.25, 0.3) is 0 Å². The van der Waals surface area contributed by atoms with Gasteiger partial charge in [-0.3, -0.25) is 0 Å². The SMILES string of the molecule is CC(C)(C)OC(=O)N1CCC2(CC1)CC(Oc1cnc3ccc(Oc4c(F)ccc(F)c4C#N)cc3n1)C2. The van der Waals surface area contributed by atoms with Crippen molar-refractivity contribution in [3.8, 4) is 23.4 Å². The Morgan fingerprint density at radius 3 is 2.50 bits per heavy atom. The fraction of sp³-hybridized carbons (Fsp3) is 0.429. The molecule has 0 N–H and O–H groups in total. The number of carbonyl (C=O) groups is 1. The number of aromatic nitrogens is 2. The second-order valence-corrected chi connectivity index (χ2v) is 10.9. The van der Waals surface area contributed by atoms with Gasteiger partial charge in [0.05, 0.1) is 17.2 Å². The average molecular weight is 523 g/mol. The molecule has 0 radical (unpaired) electrons. The molecular weight excluding hydrogens is 494 g/mol. The number of likely N-dealkylation sites (tertiary alicyclic amines) is 1. The van der Waals surface area contributed by atoms with Gasteiger partial charge in [0, 0.05) is 19.2 Å². The number of hydrogen-bond acceptors (Lipinski definition) is 7. The van der Waals surface area contributed by atoms with Crippen LogP contribution in [0.15, 0.2) is 36.5 Å². The van der Waals surface area contributed by atoms with Gasteiger partial charge in [0.1, 0.15) is 34.9 Å². The van der Waals surface area contributed by atoms with Crippen LogP contribution in [0.2, 0.25) is 0 Å². The third-order valence-electron chi connectivity index (χ3n) is 6.97. The summed E-state index contributed by atoms with van der Waals surface area (Å²) in [6, 6.07) is 8.14. The average Bonchev–Trinajstić information content (AvgIpc) is 2.84. The molecule has 8 nitrogen and oxygen atoms in total. The quantitative estimate of drug-likeness (QED) is 0.407. The van der Waals surface area contributed by atoms with E-state index in [9.17, 15) is 18.8 Å². The number of rotatable bonds is 4. The lowest BCUT2D eigenvalue weighted by Gasteiger charge is -2.51. The van der Waals surface area contributed by atoms with Crippen LogP contribution in [0.5, 0.6) is 17.4 Å². The third-order valence-corrected chi connectivity index (χ3v) is 6.97. The number of nitriles is 1. The van der Waals surface area contributed by atoms with Gasteiger partial charge >= 0.3 is 6.09 Å². The minimum Gasteiger partial charge on any atom is -0.473 e. The normalized spacial score (nSPS) is 17.1. The third kappa shape index (κ3) is 5.32. The molecule has 1 aromatic heterocycles. The summed E-state index contributed by atoms with van der Waals surface area (Å²) < 4.78 is 45.2. The molecule has 2 heterocycles. The van der Waals surface area contributed by atoms with E-state index in [-0.39, 0.29) is 23.4 Å². The van der Waals surface area contributed by atoms with Gasteiger partial charge in [0.15, 0.2) is 11.6 Å². The highest BCUT2D eigenvalue weighted by Crippen LogP contribution is 2.50. The summed E-state index contributed by atoms with van der Waals surface area (Å²) in [4.78, 5) is 23.0. The first kappa shape index (κ1) is 25.6. The van der Waals surface area contributed by atoms with E-state index < -0.39 is 28.5 Å². The first-order valence-electron chi connectivity index (χ1n) is 12.5. The highest BCUT2D eigenvalue weighted by molar-refractivity contribution is 5.76. The Kier molecular flexibility index (Phi) is 6.55. The monoisotopic (exact) mass is 522 g/mol. The predicted molar refractivity (Wildman–Crippen MR) is 134 cm³/mol. The van der Waals surface area contributed by atoms with E-state index in [1.807, 2.05) is 20.8 Å². The molecule has 2 fully saturated rings. The number of piperidine rings is 1. The Morgan fingerprint density at radius 1 is 1.11 bits per heavy atom. The fourth-order valence-electron chi connectivity index (χ4n) is 5.01. The first-order chi connectivity index (χ1) is 18.0. The van der Waals surface area contributed by atoms with Crippen molar-refractivity contribution in [2.75, 3.05) is 13.1 Å². The van der Waals surface area contributed by atoms with Gasteiger partial charge in [-0.1, -0.05) is 0 Å². The van der Waals surface area contributed by atoms with Crippen LogP contribution in [0.4, 0.5) is 13.6 Å². The van der Waals surface area contributed by atoms with E-state index in [0.29, 0.717) is 30.0 Å². The van der Waals surface area contributed by atoms with E-state index in [1.54, 1.807) is 29.3 Å². The molecule has 1 spiro atoms. The fourth-order valence-corrected chi connectivity index (χ4v) is 5.01. The minimum atomic E-state index is -0.867. The molecular formula is C28H28F2N4O4. The molecule has 1 saturated heterocycles. The molecule has 38 heavy (non-hydrogen) atoms. The van der Waals surface area contributed by atoms with Crippen LogP contribution >= 0.6 is 0 Å². The molecule has 0 atom stereocenters. The van der Waals surface area contributed by atoms with Crippen molar-refractivity contribution in [1.82, 2.24) is 14.9 Å². The van der Waals surface area contributed by atoms with Crippen molar-refractivity contribution in [1.29, 1.82) is 5.26 Å². The Hall–Kier alpha value is -4.00. The number of carbonyl (C=O) groups excluding carboxylic acids is 1. The van der Waals surface area contributed by atoms with Crippen molar-refractivity contribution in [3.63, 3.8) is 0 Å². The molecule has 2 aliphatic rings. The van der Waals surface area contributed by atoms with Crippen LogP contribution in [-0.4, -0.2) is 45.8 Å². The van der Waals surface area contributed by atoms with Gasteiger partial charge in [-0.15, -0.1) is 0 Å². The van der Waals surface area contributed by atoms with E-state index in [0.717, 1.165) is 37.8 Å². The zero-order valence-electron chi connectivity index (χ0n) is 21.5. The Balaban J connectivity index is 1.21. The van der Waals surface area contributed by atoms with E-state index in [4.69, 9.17) is 14.2 Å². The summed E-state index contributed by atoms with van der Waals surface area (Å²) in [7, 11) is 0. The molecule has 10 heteroatoms. The standard InChI is InChI=1S/C28H28F2N4O4/c1-27(2,3)38-26(35)34-10-8-28(9-11-34)13-18(14-28)36-24-16-32-22-7-4-17(12-23(22)33-24)37-25-19(15-31)20(29)5-6-21(25)30/h4-7,12,16,18H,8-11,13-14H2,1-3H3. The number of nitrogens with zero attached hydrogens (tertiary/aromatic N) is 4. The number of halogens is 2. The lowest BCUT2D eigenvalue weighted by molar-refractivity contribution is -0.0596. The summed E-state index contributed by atoms with van der Waals surface area (Å²) >= 11 is 0. The van der Waals surface area contributed by atoms with Crippen molar-refractivity contribution >= 4 is 17.1 Å². The summed E-state index contributed by atoms with van der Waals surface area (Å²) in [5.74, 6) is -1.65. The van der Waals surface area contributed by atoms with Gasteiger partial charge in [-0.2, -0.15) is 5.26 Å². The maximum Gasteiger partial charge on any atom is 0.410 e. The highest BCUT2D eigenvalue weighted by atomic mass is 19.1. The van der Waals surface area contributed by atoms with Crippen LogP contribution in [0.3, 0.4) is 0 Å². The van der Waals surface area contributed by atoms with Crippen molar-refractivity contribution in [2.24, 2.45) is 5.41 Å². The van der Waals surface area contributed by atoms with E-state index in [2.05, 4.69) is 9.97 Å². The Bertz CT molecular complexity index is 1420. The number of hydrogen-bond donors (Lipinski definition) is 0. The van der Waals surface area contributed by atoms with Gasteiger partial charge in [0.2, 0.25) is 5.88 Å². The smallest absolute Gasteiger partial charge is 0.410 e. The minimum absolute atomic E-state index is 0.00571. The van der Waals surface area contributed by atoms with E-state index >= 15 is 0 Å². The van der Waals surface area contributed by atoms with Crippen molar-refractivity contribution in [3.05, 3.63) is 53.7 Å². The molecule has 1 aliphatic heterocycles. The molecule has 5 rings (SSSR count). The van der Waals surface area contributed by atoms with Crippen molar-refractivity contribution in [2.45, 2.75) is 58.2 Å². The number of ether oxygens (including phenoxy) is 3. The summed E-state index contributed by atoms with van der Waals surface area (Å²) in [6.07, 6.45) is 4.82. The molecule has 0 bridgehead atoms. The second-order valence-electron chi connectivity index (χ2n) is 10.9. The highest BCUT2D eigenvalue weighted by Gasteiger charge is 2.48. The maximum absolute atomic E-state index is 14.2. The molecule has 2 aromatic carbocycles. The summed E-state index contributed by atoms with van der Waals surface area (Å²) in [6.45, 7) is 6.92. The largest absolute Gasteiger partial charge is 0.473 e. The maximum atomic E-state index is 14.2. The molecule has 1 aliphatic carbocycles. The van der Waals surface area contributed by atoms with Gasteiger partial charge < -0.3 is 19.1 Å². The second kappa shape index (κ2) is 9.71. The van der Waals surface area contributed by atoms with Crippen LogP contribution < -0.4 is 9.47 Å². The molecule has 1 saturated carbocycles. The summed E-state index contributed by atoms with van der Waals surface area (Å²) in [5, 5.41) is 9.19. The van der Waals surface area contributed by atoms with Crippen molar-refractivity contribution < 1.29 is 27.8 Å². The molecule has 1 amide bonds. The molecule has 3 aromatic rings.